The first kappa shape index (κ1) is 20.3. The van der Waals surface area contributed by atoms with Gasteiger partial charge in [-0.3, -0.25) is 14.4 Å². The van der Waals surface area contributed by atoms with Crippen LogP contribution in [0.25, 0.3) is 11.0 Å². The van der Waals surface area contributed by atoms with E-state index < -0.39 is 0 Å². The third-order valence-corrected chi connectivity index (χ3v) is 5.67. The molecular formula is C23H29N5O2. The smallest absolute Gasteiger partial charge is 0.270 e. The van der Waals surface area contributed by atoms with Gasteiger partial charge in [0, 0.05) is 18.9 Å². The number of carbonyl (C=O) groups is 1. The van der Waals surface area contributed by atoms with E-state index in [0.29, 0.717) is 11.4 Å². The van der Waals surface area contributed by atoms with Crippen LogP contribution in [-0.2, 0) is 7.05 Å². The summed E-state index contributed by atoms with van der Waals surface area (Å²) < 4.78 is 9.16. The van der Waals surface area contributed by atoms with E-state index in [2.05, 4.69) is 10.1 Å². The largest absolute Gasteiger partial charge is 0.466 e. The molecule has 1 saturated carbocycles. The Morgan fingerprint density at radius 3 is 2.73 bits per heavy atom. The van der Waals surface area contributed by atoms with Crippen LogP contribution in [0.5, 0.6) is 5.88 Å². The van der Waals surface area contributed by atoms with Crippen molar-refractivity contribution in [1.82, 2.24) is 19.3 Å². The second kappa shape index (κ2) is 8.42. The molecule has 0 saturated heterocycles. The van der Waals surface area contributed by atoms with E-state index in [-0.39, 0.29) is 18.6 Å². The summed E-state index contributed by atoms with van der Waals surface area (Å²) in [7, 11) is 1.83. The van der Waals surface area contributed by atoms with E-state index in [0.717, 1.165) is 40.7 Å². The van der Waals surface area contributed by atoms with Crippen LogP contribution in [0.3, 0.4) is 0 Å². The minimum absolute atomic E-state index is 0.111. The van der Waals surface area contributed by atoms with E-state index in [1.54, 1.807) is 15.4 Å². The fourth-order valence-electron chi connectivity index (χ4n) is 4.15. The number of aryl methyl sites for hydroxylation is 4. The Kier molecular flexibility index (Phi) is 5.70. The van der Waals surface area contributed by atoms with E-state index in [1.165, 1.54) is 19.3 Å². The fraction of sp³-hybridized carbons (Fsp3) is 0.478. The fourth-order valence-corrected chi connectivity index (χ4v) is 4.15. The summed E-state index contributed by atoms with van der Waals surface area (Å²) >= 11 is 0. The number of fused-ring (bicyclic) bond motifs is 1. The number of pyridine rings is 2. The Morgan fingerprint density at radius 2 is 1.97 bits per heavy atom. The van der Waals surface area contributed by atoms with Crippen molar-refractivity contribution >= 4 is 16.9 Å². The predicted molar refractivity (Wildman–Crippen MR) is 116 cm³/mol. The number of nitrogens with zero attached hydrogens (tertiary/aromatic N) is 5. The number of hydrogen-bond acceptors (Lipinski definition) is 5. The summed E-state index contributed by atoms with van der Waals surface area (Å²) in [5, 5.41) is 5.28. The van der Waals surface area contributed by atoms with Crippen LogP contribution >= 0.6 is 0 Å². The molecule has 3 aromatic rings. The molecule has 0 radical (unpaired) electrons. The van der Waals surface area contributed by atoms with Crippen LogP contribution in [-0.4, -0.2) is 37.9 Å². The van der Waals surface area contributed by atoms with Gasteiger partial charge in [-0.1, -0.05) is 19.3 Å². The third kappa shape index (κ3) is 4.15. The van der Waals surface area contributed by atoms with E-state index in [9.17, 15) is 4.79 Å². The molecule has 0 amide bonds. The summed E-state index contributed by atoms with van der Waals surface area (Å²) in [6, 6.07) is 6.18. The topological polar surface area (TPSA) is 74.3 Å². The number of carbonyl (C=O) groups excluding carboxylic acids is 1. The van der Waals surface area contributed by atoms with Crippen molar-refractivity contribution in [2.75, 3.05) is 6.61 Å². The Morgan fingerprint density at radius 1 is 1.20 bits per heavy atom. The lowest BCUT2D eigenvalue weighted by Gasteiger charge is -2.18. The SMILES string of the molecule is Cc1ccn(C(=O)COc2nn(C)c3nc(C)cc(C)c23)c(=NC2CCCCC2)c1. The van der Waals surface area contributed by atoms with Gasteiger partial charge in [-0.15, -0.1) is 5.10 Å². The average Bonchev–Trinajstić information content (AvgIpc) is 3.03. The molecule has 7 heteroatoms. The van der Waals surface area contributed by atoms with Gasteiger partial charge >= 0.3 is 0 Å². The van der Waals surface area contributed by atoms with Crippen molar-refractivity contribution in [3.05, 3.63) is 46.7 Å². The van der Waals surface area contributed by atoms with Crippen molar-refractivity contribution < 1.29 is 9.53 Å². The molecule has 30 heavy (non-hydrogen) atoms. The first-order valence-electron chi connectivity index (χ1n) is 10.6. The van der Waals surface area contributed by atoms with Crippen LogP contribution in [0.15, 0.2) is 29.4 Å². The van der Waals surface area contributed by atoms with Crippen molar-refractivity contribution in [2.24, 2.45) is 12.0 Å². The molecule has 0 aliphatic heterocycles. The molecule has 1 aliphatic carbocycles. The van der Waals surface area contributed by atoms with Crippen LogP contribution in [0.4, 0.5) is 0 Å². The summed E-state index contributed by atoms with van der Waals surface area (Å²) in [4.78, 5) is 22.4. The number of hydrogen-bond donors (Lipinski definition) is 0. The zero-order chi connectivity index (χ0) is 21.3. The zero-order valence-electron chi connectivity index (χ0n) is 18.2. The maximum atomic E-state index is 13.0. The Balaban J connectivity index is 1.60. The number of rotatable bonds is 4. The molecule has 3 aromatic heterocycles. The molecule has 0 bridgehead atoms. The second-order valence-corrected chi connectivity index (χ2v) is 8.24. The Bertz CT molecular complexity index is 1150. The van der Waals surface area contributed by atoms with Gasteiger partial charge in [0.1, 0.15) is 5.49 Å². The lowest BCUT2D eigenvalue weighted by Crippen LogP contribution is -2.32. The summed E-state index contributed by atoms with van der Waals surface area (Å²) in [5.41, 5.74) is 4.50. The summed E-state index contributed by atoms with van der Waals surface area (Å²) in [6.07, 6.45) is 7.65. The standard InChI is InChI=1S/C23H29N5O2/c1-15-10-11-28(19(12-15)25-18-8-6-5-7-9-18)20(29)14-30-23-21-16(2)13-17(3)24-22(21)27(4)26-23/h10-13,18H,5-9,14H2,1-4H3. The van der Waals surface area contributed by atoms with E-state index in [1.807, 2.05) is 46.0 Å². The van der Waals surface area contributed by atoms with Gasteiger partial charge in [0.25, 0.3) is 5.91 Å². The second-order valence-electron chi connectivity index (χ2n) is 8.24. The monoisotopic (exact) mass is 407 g/mol. The summed E-state index contributed by atoms with van der Waals surface area (Å²) in [6.45, 7) is 5.86. The molecule has 7 nitrogen and oxygen atoms in total. The molecule has 0 unspecified atom stereocenters. The van der Waals surface area contributed by atoms with Crippen LogP contribution in [0, 0.1) is 20.8 Å². The lowest BCUT2D eigenvalue weighted by molar-refractivity contribution is 0.0828. The van der Waals surface area contributed by atoms with Crippen LogP contribution < -0.4 is 10.2 Å². The predicted octanol–water partition coefficient (Wildman–Crippen LogP) is 3.65. The van der Waals surface area contributed by atoms with E-state index >= 15 is 0 Å². The zero-order valence-corrected chi connectivity index (χ0v) is 18.2. The average molecular weight is 408 g/mol. The van der Waals surface area contributed by atoms with Gasteiger partial charge in [-0.05, 0) is 62.9 Å². The molecule has 0 aromatic carbocycles. The molecule has 0 N–H and O–H groups in total. The van der Waals surface area contributed by atoms with Gasteiger partial charge < -0.3 is 4.74 Å². The first-order valence-corrected chi connectivity index (χ1v) is 10.6. The van der Waals surface area contributed by atoms with Gasteiger partial charge in [-0.2, -0.15) is 0 Å². The Hall–Kier alpha value is -2.96. The minimum Gasteiger partial charge on any atom is -0.466 e. The van der Waals surface area contributed by atoms with Crippen molar-refractivity contribution in [2.45, 2.75) is 58.9 Å². The van der Waals surface area contributed by atoms with Gasteiger partial charge in [0.05, 0.1) is 11.4 Å². The van der Waals surface area contributed by atoms with Gasteiger partial charge in [0.2, 0.25) is 5.88 Å². The quantitative estimate of drug-likeness (QED) is 0.662. The maximum Gasteiger partial charge on any atom is 0.270 e. The molecule has 0 atom stereocenters. The first-order chi connectivity index (χ1) is 14.4. The van der Waals surface area contributed by atoms with Crippen molar-refractivity contribution in [1.29, 1.82) is 0 Å². The molecule has 0 spiro atoms. The van der Waals surface area contributed by atoms with Crippen LogP contribution in [0.1, 0.15) is 53.7 Å². The normalized spacial score (nSPS) is 15.7. The highest BCUT2D eigenvalue weighted by Gasteiger charge is 2.17. The Labute approximate surface area is 176 Å². The van der Waals surface area contributed by atoms with Gasteiger partial charge in [-0.25, -0.2) is 9.67 Å². The molecule has 4 rings (SSSR count). The highest BCUT2D eigenvalue weighted by Crippen LogP contribution is 2.27. The molecule has 1 aliphatic rings. The molecule has 3 heterocycles. The molecular weight excluding hydrogens is 378 g/mol. The maximum absolute atomic E-state index is 13.0. The van der Waals surface area contributed by atoms with E-state index in [4.69, 9.17) is 9.73 Å². The number of aromatic nitrogens is 4. The van der Waals surface area contributed by atoms with Gasteiger partial charge in [0.15, 0.2) is 12.3 Å². The van der Waals surface area contributed by atoms with Crippen LogP contribution in [0.2, 0.25) is 0 Å². The lowest BCUT2D eigenvalue weighted by atomic mass is 9.96. The van der Waals surface area contributed by atoms with Crippen molar-refractivity contribution in [3.8, 4) is 5.88 Å². The summed E-state index contributed by atoms with van der Waals surface area (Å²) in [5.74, 6) is 0.269. The minimum atomic E-state index is -0.166. The third-order valence-electron chi connectivity index (χ3n) is 5.67. The highest BCUT2D eigenvalue weighted by molar-refractivity contribution is 5.86. The highest BCUT2D eigenvalue weighted by atomic mass is 16.5. The van der Waals surface area contributed by atoms with Crippen molar-refractivity contribution in [3.63, 3.8) is 0 Å². The molecule has 158 valence electrons. The number of ether oxygens (including phenoxy) is 1. The molecule has 1 fully saturated rings.